The molecule has 2 aromatic rings. The first kappa shape index (κ1) is 22.8. The second-order valence-corrected chi connectivity index (χ2v) is 9.69. The molecule has 1 aromatic carbocycles. The highest BCUT2D eigenvalue weighted by atomic mass is 16.5. The third-order valence-electron chi connectivity index (χ3n) is 6.60. The van der Waals surface area contributed by atoms with Gasteiger partial charge in [-0.15, -0.1) is 10.3 Å². The number of nitrogens with zero attached hydrogens (tertiary/aromatic N) is 3. The minimum absolute atomic E-state index is 0.287. The van der Waals surface area contributed by atoms with Gasteiger partial charge in [0.15, 0.2) is 0 Å². The molecule has 2 heterocycles. The summed E-state index contributed by atoms with van der Waals surface area (Å²) >= 11 is 0. The van der Waals surface area contributed by atoms with Crippen molar-refractivity contribution in [1.82, 2.24) is 9.63 Å². The molecule has 1 aromatic heterocycles. The molecule has 5 nitrogen and oxygen atoms in total. The van der Waals surface area contributed by atoms with Crippen LogP contribution in [0, 0.1) is 0 Å². The molecular weight excluding hydrogens is 374 g/mol. The van der Waals surface area contributed by atoms with Crippen LogP contribution < -0.4 is 9.30 Å². The smallest absolute Gasteiger partial charge is 0.243 e. The molecule has 1 atom stereocenters. The first-order chi connectivity index (χ1) is 14.3. The van der Waals surface area contributed by atoms with Gasteiger partial charge in [0.1, 0.15) is 18.1 Å². The standard InChI is InChI=1S/C25H39N3O2/c1-24(2)15-16-25(3,28(24)29)22-11-13-23(14-12-22)30-20-10-8-6-5-7-9-17-27-19-18-26(4)21-27/h11-14,18-19,21H,5-10,15-17,20H2,1-4H3/q+1. The summed E-state index contributed by atoms with van der Waals surface area (Å²) in [4.78, 5) is 0. The molecular formula is C25H39N3O2+. The summed E-state index contributed by atoms with van der Waals surface area (Å²) in [6.45, 7) is 8.00. The molecule has 30 heavy (non-hydrogen) atoms. The van der Waals surface area contributed by atoms with Gasteiger partial charge in [-0.05, 0) is 70.6 Å². The zero-order chi connectivity index (χ0) is 21.6. The van der Waals surface area contributed by atoms with Crippen molar-refractivity contribution < 1.29 is 14.5 Å². The van der Waals surface area contributed by atoms with Crippen molar-refractivity contribution in [2.24, 2.45) is 7.05 Å². The van der Waals surface area contributed by atoms with E-state index in [0.29, 0.717) is 0 Å². The van der Waals surface area contributed by atoms with Gasteiger partial charge in [0.25, 0.3) is 0 Å². The highest BCUT2D eigenvalue weighted by Crippen LogP contribution is 2.46. The molecule has 1 aliphatic rings. The maximum Gasteiger partial charge on any atom is 0.243 e. The van der Waals surface area contributed by atoms with Gasteiger partial charge in [-0.1, -0.05) is 31.4 Å². The first-order valence-electron chi connectivity index (χ1n) is 11.5. The van der Waals surface area contributed by atoms with E-state index >= 15 is 0 Å². The van der Waals surface area contributed by atoms with Gasteiger partial charge in [0.2, 0.25) is 6.33 Å². The van der Waals surface area contributed by atoms with Gasteiger partial charge >= 0.3 is 0 Å². The Morgan fingerprint density at radius 3 is 2.23 bits per heavy atom. The van der Waals surface area contributed by atoms with Gasteiger partial charge < -0.3 is 4.74 Å². The SMILES string of the molecule is C[n+]1ccn(CCCCCCCCOc2ccc(C3(C)CCC(C)(C)N3[O])cc2)c1. The zero-order valence-electron chi connectivity index (χ0n) is 19.3. The van der Waals surface area contributed by atoms with E-state index in [1.165, 1.54) is 37.2 Å². The topological polar surface area (TPSA) is 41.2 Å². The molecule has 165 valence electrons. The predicted octanol–water partition coefficient (Wildman–Crippen LogP) is 5.17. The number of hydrogen-bond donors (Lipinski definition) is 0. The van der Waals surface area contributed by atoms with Crippen LogP contribution in [0.5, 0.6) is 5.75 Å². The van der Waals surface area contributed by atoms with Crippen LogP contribution in [-0.2, 0) is 24.3 Å². The summed E-state index contributed by atoms with van der Waals surface area (Å²) < 4.78 is 10.3. The fraction of sp³-hybridized carbons (Fsp3) is 0.640. The van der Waals surface area contributed by atoms with Gasteiger partial charge in [0, 0.05) is 5.54 Å². The third kappa shape index (κ3) is 5.64. The predicted molar refractivity (Wildman–Crippen MR) is 118 cm³/mol. The number of ether oxygens (including phenoxy) is 1. The quantitative estimate of drug-likeness (QED) is 0.377. The lowest BCUT2D eigenvalue weighted by molar-refractivity contribution is -0.671. The highest BCUT2D eigenvalue weighted by Gasteiger charge is 2.49. The molecule has 0 saturated carbocycles. The Kier molecular flexibility index (Phi) is 7.59. The zero-order valence-corrected chi connectivity index (χ0v) is 19.3. The van der Waals surface area contributed by atoms with Crippen LogP contribution in [-0.4, -0.2) is 21.8 Å². The van der Waals surface area contributed by atoms with Gasteiger partial charge in [-0.25, -0.2) is 9.13 Å². The Morgan fingerprint density at radius 1 is 0.967 bits per heavy atom. The van der Waals surface area contributed by atoms with E-state index in [2.05, 4.69) is 54.0 Å². The number of benzene rings is 1. The lowest BCUT2D eigenvalue weighted by atomic mass is 9.90. The van der Waals surface area contributed by atoms with Crippen molar-refractivity contribution in [3.63, 3.8) is 0 Å². The van der Waals surface area contributed by atoms with Crippen LogP contribution in [0.25, 0.3) is 0 Å². The van der Waals surface area contributed by atoms with Crippen LogP contribution in [0.4, 0.5) is 0 Å². The highest BCUT2D eigenvalue weighted by molar-refractivity contribution is 5.32. The van der Waals surface area contributed by atoms with Crippen LogP contribution in [0.2, 0.25) is 0 Å². The second-order valence-electron chi connectivity index (χ2n) is 9.69. The Bertz CT molecular complexity index is 784. The van der Waals surface area contributed by atoms with Gasteiger partial charge in [0.05, 0.1) is 25.7 Å². The molecule has 3 rings (SSSR count). The fourth-order valence-corrected chi connectivity index (χ4v) is 4.52. The average molecular weight is 414 g/mol. The molecule has 1 aliphatic heterocycles. The first-order valence-corrected chi connectivity index (χ1v) is 11.5. The van der Waals surface area contributed by atoms with Crippen molar-refractivity contribution in [2.75, 3.05) is 6.61 Å². The van der Waals surface area contributed by atoms with E-state index in [4.69, 9.17) is 4.74 Å². The van der Waals surface area contributed by atoms with Gasteiger partial charge in [-0.3, -0.25) is 0 Å². The van der Waals surface area contributed by atoms with Crippen LogP contribution >= 0.6 is 0 Å². The lowest BCUT2D eigenvalue weighted by Crippen LogP contribution is -2.44. The molecule has 1 radical (unpaired) electrons. The molecule has 0 amide bonds. The van der Waals surface area contributed by atoms with Crippen molar-refractivity contribution >= 4 is 0 Å². The molecule has 5 heteroatoms. The summed E-state index contributed by atoms with van der Waals surface area (Å²) in [5.74, 6) is 0.900. The second kappa shape index (κ2) is 9.97. The molecule has 1 fully saturated rings. The monoisotopic (exact) mass is 413 g/mol. The van der Waals surface area contributed by atoms with E-state index in [9.17, 15) is 5.21 Å². The maximum atomic E-state index is 12.7. The van der Waals surface area contributed by atoms with Gasteiger partial charge in [-0.2, -0.15) is 0 Å². The minimum Gasteiger partial charge on any atom is -0.494 e. The van der Waals surface area contributed by atoms with Crippen molar-refractivity contribution in [3.8, 4) is 5.75 Å². The van der Waals surface area contributed by atoms with E-state index in [1.807, 2.05) is 26.0 Å². The molecule has 1 unspecified atom stereocenters. The number of hydroxylamine groups is 2. The third-order valence-corrected chi connectivity index (χ3v) is 6.60. The molecule has 0 bridgehead atoms. The molecule has 0 aliphatic carbocycles. The minimum atomic E-state index is -0.430. The molecule has 0 spiro atoms. The number of unbranched alkanes of at least 4 members (excludes halogenated alkanes) is 5. The van der Waals surface area contributed by atoms with E-state index in [0.717, 1.165) is 43.7 Å². The fourth-order valence-electron chi connectivity index (χ4n) is 4.52. The number of imidazole rings is 1. The lowest BCUT2D eigenvalue weighted by Gasteiger charge is -2.35. The number of aromatic nitrogens is 2. The number of hydrogen-bond acceptors (Lipinski definition) is 2. The summed E-state index contributed by atoms with van der Waals surface area (Å²) in [7, 11) is 2.06. The summed E-state index contributed by atoms with van der Waals surface area (Å²) in [5, 5.41) is 14.0. The average Bonchev–Trinajstić information content (AvgIpc) is 3.24. The number of aryl methyl sites for hydroxylation is 2. The summed E-state index contributed by atoms with van der Waals surface area (Å²) in [5.41, 5.74) is 0.370. The Hall–Kier alpha value is -1.85. The van der Waals surface area contributed by atoms with E-state index in [1.54, 1.807) is 0 Å². The summed E-state index contributed by atoms with van der Waals surface area (Å²) in [6, 6.07) is 8.15. The molecule has 1 saturated heterocycles. The van der Waals surface area contributed by atoms with Crippen molar-refractivity contribution in [2.45, 2.75) is 89.8 Å². The van der Waals surface area contributed by atoms with Crippen molar-refractivity contribution in [3.05, 3.63) is 48.5 Å². The molecule has 0 N–H and O–H groups in total. The van der Waals surface area contributed by atoms with Crippen LogP contribution in [0.15, 0.2) is 43.0 Å². The maximum absolute atomic E-state index is 12.7. The van der Waals surface area contributed by atoms with Crippen molar-refractivity contribution in [1.29, 1.82) is 0 Å². The Balaban J connectivity index is 1.28. The van der Waals surface area contributed by atoms with E-state index in [-0.39, 0.29) is 5.54 Å². The van der Waals surface area contributed by atoms with Crippen LogP contribution in [0.3, 0.4) is 0 Å². The Labute approximate surface area is 182 Å². The van der Waals surface area contributed by atoms with E-state index < -0.39 is 5.54 Å². The summed E-state index contributed by atoms with van der Waals surface area (Å²) in [6.07, 6.45) is 15.6. The number of rotatable bonds is 11. The Morgan fingerprint density at radius 2 is 1.63 bits per heavy atom. The largest absolute Gasteiger partial charge is 0.494 e. The normalized spacial score (nSPS) is 21.2. The van der Waals surface area contributed by atoms with Crippen LogP contribution in [0.1, 0.15) is 77.7 Å².